The molecule has 2 aliphatic rings. The van der Waals surface area contributed by atoms with Gasteiger partial charge < -0.3 is 5.32 Å². The lowest BCUT2D eigenvalue weighted by Crippen LogP contribution is -2.33. The molecule has 0 aromatic heterocycles. The first-order valence-corrected chi connectivity index (χ1v) is 6.87. The van der Waals surface area contributed by atoms with Crippen LogP contribution in [0, 0.1) is 5.92 Å². The molecule has 1 heterocycles. The fourth-order valence-electron chi connectivity index (χ4n) is 2.97. The summed E-state index contributed by atoms with van der Waals surface area (Å²) in [7, 11) is 0. The molecule has 17 heavy (non-hydrogen) atoms. The largest absolute Gasteiger partial charge is 0.309 e. The third-order valence-corrected chi connectivity index (χ3v) is 4.17. The predicted molar refractivity (Wildman–Crippen MR) is 70.9 cm³/mol. The van der Waals surface area contributed by atoms with E-state index in [1.54, 1.807) is 0 Å². The van der Waals surface area contributed by atoms with Gasteiger partial charge in [-0.2, -0.15) is 0 Å². The Kier molecular flexibility index (Phi) is 3.17. The van der Waals surface area contributed by atoms with Gasteiger partial charge in [0.1, 0.15) is 0 Å². The van der Waals surface area contributed by atoms with E-state index in [0.717, 1.165) is 18.5 Å². The summed E-state index contributed by atoms with van der Waals surface area (Å²) in [4.78, 5) is 2.70. The Labute approximate surface area is 104 Å². The van der Waals surface area contributed by atoms with Crippen molar-refractivity contribution in [1.82, 2.24) is 10.2 Å². The first-order chi connectivity index (χ1) is 8.34. The van der Waals surface area contributed by atoms with E-state index in [4.69, 9.17) is 0 Å². The van der Waals surface area contributed by atoms with Gasteiger partial charge in [0.2, 0.25) is 0 Å². The van der Waals surface area contributed by atoms with Crippen molar-refractivity contribution in [3.8, 4) is 0 Å². The molecule has 1 aliphatic heterocycles. The van der Waals surface area contributed by atoms with Crippen molar-refractivity contribution in [2.45, 2.75) is 31.8 Å². The van der Waals surface area contributed by atoms with Crippen LogP contribution in [0.25, 0.3) is 0 Å². The topological polar surface area (TPSA) is 15.3 Å². The van der Waals surface area contributed by atoms with Gasteiger partial charge in [0.25, 0.3) is 0 Å². The Bertz CT molecular complexity index is 362. The van der Waals surface area contributed by atoms with Gasteiger partial charge in [0.15, 0.2) is 0 Å². The summed E-state index contributed by atoms with van der Waals surface area (Å²) >= 11 is 0. The minimum absolute atomic E-state index is 0.520. The van der Waals surface area contributed by atoms with Crippen LogP contribution in [0.5, 0.6) is 0 Å². The molecule has 3 atom stereocenters. The summed E-state index contributed by atoms with van der Waals surface area (Å²) in [5.41, 5.74) is 1.44. The van der Waals surface area contributed by atoms with Crippen molar-refractivity contribution in [3.05, 3.63) is 35.9 Å². The summed E-state index contributed by atoms with van der Waals surface area (Å²) in [6.45, 7) is 5.97. The quantitative estimate of drug-likeness (QED) is 0.839. The number of nitrogens with one attached hydrogen (secondary N) is 1. The van der Waals surface area contributed by atoms with Crippen molar-refractivity contribution < 1.29 is 0 Å². The Hall–Kier alpha value is -0.860. The van der Waals surface area contributed by atoms with Crippen LogP contribution in [-0.4, -0.2) is 30.6 Å². The molecular weight excluding hydrogens is 208 g/mol. The lowest BCUT2D eigenvalue weighted by molar-refractivity contribution is 0.249. The minimum Gasteiger partial charge on any atom is -0.309 e. The molecule has 2 heteroatoms. The maximum Gasteiger partial charge on any atom is 0.0449 e. The van der Waals surface area contributed by atoms with E-state index in [1.165, 1.54) is 31.5 Å². The number of benzene rings is 1. The summed E-state index contributed by atoms with van der Waals surface area (Å²) in [5, 5.41) is 3.68. The highest BCUT2D eigenvalue weighted by atomic mass is 15.2. The summed E-state index contributed by atoms with van der Waals surface area (Å²) in [5.74, 6) is 0.921. The first kappa shape index (κ1) is 11.2. The van der Waals surface area contributed by atoms with Gasteiger partial charge in [-0.15, -0.1) is 0 Å². The molecule has 2 fully saturated rings. The van der Waals surface area contributed by atoms with Crippen LogP contribution in [0.4, 0.5) is 0 Å². The smallest absolute Gasteiger partial charge is 0.0449 e. The molecule has 0 bridgehead atoms. The fraction of sp³-hybridized carbons (Fsp3) is 0.600. The molecule has 2 nitrogen and oxygen atoms in total. The zero-order valence-electron chi connectivity index (χ0n) is 10.6. The SMILES string of the molecule is CC1CC1N1CCCNC(c2ccccc2)C1. The number of nitrogens with zero attached hydrogens (tertiary/aromatic N) is 1. The Morgan fingerprint density at radius 3 is 2.71 bits per heavy atom. The molecule has 0 amide bonds. The van der Waals surface area contributed by atoms with E-state index in [-0.39, 0.29) is 0 Å². The number of rotatable bonds is 2. The highest BCUT2D eigenvalue weighted by molar-refractivity contribution is 5.19. The van der Waals surface area contributed by atoms with Crippen LogP contribution in [0.15, 0.2) is 30.3 Å². The van der Waals surface area contributed by atoms with E-state index in [1.807, 2.05) is 0 Å². The average molecular weight is 230 g/mol. The maximum atomic E-state index is 3.68. The molecule has 1 aromatic rings. The second-order valence-corrected chi connectivity index (χ2v) is 5.55. The van der Waals surface area contributed by atoms with Gasteiger partial charge >= 0.3 is 0 Å². The van der Waals surface area contributed by atoms with Crippen molar-refractivity contribution in [3.63, 3.8) is 0 Å². The highest BCUT2D eigenvalue weighted by Crippen LogP contribution is 2.36. The lowest BCUT2D eigenvalue weighted by Gasteiger charge is -2.24. The normalized spacial score (nSPS) is 34.3. The van der Waals surface area contributed by atoms with E-state index < -0.39 is 0 Å². The van der Waals surface area contributed by atoms with Gasteiger partial charge in [-0.3, -0.25) is 4.90 Å². The molecule has 0 radical (unpaired) electrons. The first-order valence-electron chi connectivity index (χ1n) is 6.87. The van der Waals surface area contributed by atoms with Gasteiger partial charge in [0, 0.05) is 18.6 Å². The van der Waals surface area contributed by atoms with Crippen molar-refractivity contribution in [2.24, 2.45) is 5.92 Å². The molecule has 1 saturated heterocycles. The zero-order valence-corrected chi connectivity index (χ0v) is 10.6. The highest BCUT2D eigenvalue weighted by Gasteiger charge is 2.39. The molecule has 3 rings (SSSR count). The molecule has 1 aliphatic carbocycles. The van der Waals surface area contributed by atoms with E-state index in [2.05, 4.69) is 47.5 Å². The van der Waals surface area contributed by atoms with Crippen LogP contribution >= 0.6 is 0 Å². The standard InChI is InChI=1S/C15H22N2/c1-12-10-15(12)17-9-5-8-16-14(11-17)13-6-3-2-4-7-13/h2-4,6-7,12,14-16H,5,8-11H2,1H3. The van der Waals surface area contributed by atoms with Crippen molar-refractivity contribution in [1.29, 1.82) is 0 Å². The second kappa shape index (κ2) is 4.79. The van der Waals surface area contributed by atoms with Crippen LogP contribution in [0.1, 0.15) is 31.4 Å². The zero-order chi connectivity index (χ0) is 11.7. The van der Waals surface area contributed by atoms with E-state index >= 15 is 0 Å². The van der Waals surface area contributed by atoms with Crippen LogP contribution in [0.2, 0.25) is 0 Å². The monoisotopic (exact) mass is 230 g/mol. The van der Waals surface area contributed by atoms with Gasteiger partial charge in [-0.05, 0) is 37.4 Å². The third-order valence-electron chi connectivity index (χ3n) is 4.17. The third kappa shape index (κ3) is 2.53. The van der Waals surface area contributed by atoms with E-state index in [9.17, 15) is 0 Å². The van der Waals surface area contributed by atoms with E-state index in [0.29, 0.717) is 6.04 Å². The molecule has 92 valence electrons. The van der Waals surface area contributed by atoms with Crippen LogP contribution in [-0.2, 0) is 0 Å². The molecule has 0 spiro atoms. The molecule has 1 N–H and O–H groups in total. The Morgan fingerprint density at radius 1 is 1.24 bits per heavy atom. The second-order valence-electron chi connectivity index (χ2n) is 5.55. The molecule has 1 saturated carbocycles. The van der Waals surface area contributed by atoms with Crippen molar-refractivity contribution >= 4 is 0 Å². The van der Waals surface area contributed by atoms with Crippen molar-refractivity contribution in [2.75, 3.05) is 19.6 Å². The maximum absolute atomic E-state index is 3.68. The fourth-order valence-corrected chi connectivity index (χ4v) is 2.97. The average Bonchev–Trinajstić information content (AvgIpc) is 3.12. The van der Waals surface area contributed by atoms with Gasteiger partial charge in [0.05, 0.1) is 0 Å². The molecular formula is C15H22N2. The minimum atomic E-state index is 0.520. The van der Waals surface area contributed by atoms with Crippen LogP contribution < -0.4 is 5.32 Å². The number of hydrogen-bond donors (Lipinski definition) is 1. The lowest BCUT2D eigenvalue weighted by atomic mass is 10.1. The summed E-state index contributed by atoms with van der Waals surface area (Å²) < 4.78 is 0. The predicted octanol–water partition coefficient (Wildman–Crippen LogP) is 2.43. The summed E-state index contributed by atoms with van der Waals surface area (Å²) in [6.07, 6.45) is 2.69. The molecule has 3 unspecified atom stereocenters. The Balaban J connectivity index is 1.71. The molecule has 1 aromatic carbocycles. The van der Waals surface area contributed by atoms with Gasteiger partial charge in [-0.1, -0.05) is 37.3 Å². The number of hydrogen-bond acceptors (Lipinski definition) is 2. The van der Waals surface area contributed by atoms with Crippen LogP contribution in [0.3, 0.4) is 0 Å². The van der Waals surface area contributed by atoms with Gasteiger partial charge in [-0.25, -0.2) is 0 Å². The summed E-state index contributed by atoms with van der Waals surface area (Å²) in [6, 6.07) is 12.3. The Morgan fingerprint density at radius 2 is 2.00 bits per heavy atom.